The summed E-state index contributed by atoms with van der Waals surface area (Å²) in [5.74, 6) is 0. The van der Waals surface area contributed by atoms with Crippen LogP contribution in [-0.2, 0) is 10.0 Å². The van der Waals surface area contributed by atoms with Crippen LogP contribution in [0.5, 0.6) is 0 Å². The number of aromatic nitrogens is 1. The van der Waals surface area contributed by atoms with E-state index in [-0.39, 0.29) is 21.6 Å². The molecular weight excluding hydrogens is 323 g/mol. The molecule has 0 aliphatic heterocycles. The molecular formula is C12H16Cl2N2O3S. The van der Waals surface area contributed by atoms with E-state index in [1.54, 1.807) is 0 Å². The monoisotopic (exact) mass is 338 g/mol. The lowest BCUT2D eigenvalue weighted by Crippen LogP contribution is -2.44. The lowest BCUT2D eigenvalue weighted by molar-refractivity contribution is 0.00945. The first-order valence-electron chi connectivity index (χ1n) is 6.36. The lowest BCUT2D eigenvalue weighted by Gasteiger charge is -2.32. The largest absolute Gasteiger partial charge is 0.389 e. The summed E-state index contributed by atoms with van der Waals surface area (Å²) in [5.41, 5.74) is -0.963. The molecule has 2 rings (SSSR count). The predicted octanol–water partition coefficient (Wildman–Crippen LogP) is 2.36. The molecule has 0 unspecified atom stereocenters. The molecule has 1 aromatic rings. The number of hydrogen-bond donors (Lipinski definition) is 2. The van der Waals surface area contributed by atoms with E-state index in [0.29, 0.717) is 12.8 Å². The summed E-state index contributed by atoms with van der Waals surface area (Å²) in [6, 6.07) is 1.24. The Labute approximate surface area is 128 Å². The summed E-state index contributed by atoms with van der Waals surface area (Å²) in [7, 11) is -3.75. The van der Waals surface area contributed by atoms with Gasteiger partial charge in [0.25, 0.3) is 0 Å². The summed E-state index contributed by atoms with van der Waals surface area (Å²) in [5, 5.41) is 10.4. The second-order valence-electron chi connectivity index (χ2n) is 5.05. The van der Waals surface area contributed by atoms with Crippen molar-refractivity contribution in [2.75, 3.05) is 6.54 Å². The molecule has 1 aromatic heterocycles. The molecule has 1 heterocycles. The van der Waals surface area contributed by atoms with Gasteiger partial charge in [0.2, 0.25) is 10.0 Å². The fourth-order valence-corrected chi connectivity index (χ4v) is 3.67. The molecule has 0 radical (unpaired) electrons. The molecule has 0 bridgehead atoms. The first-order chi connectivity index (χ1) is 9.32. The second kappa shape index (κ2) is 6.15. The van der Waals surface area contributed by atoms with Crippen LogP contribution in [0.2, 0.25) is 10.2 Å². The maximum absolute atomic E-state index is 12.1. The second-order valence-corrected chi connectivity index (χ2v) is 7.59. The summed E-state index contributed by atoms with van der Waals surface area (Å²) in [6.45, 7) is -0.00439. The average Bonchev–Trinajstić information content (AvgIpc) is 2.41. The van der Waals surface area contributed by atoms with Crippen molar-refractivity contribution in [3.8, 4) is 0 Å². The molecule has 2 N–H and O–H groups in total. The number of nitrogens with zero attached hydrogens (tertiary/aromatic N) is 1. The van der Waals surface area contributed by atoms with Crippen LogP contribution in [0.1, 0.15) is 32.1 Å². The third-order valence-electron chi connectivity index (χ3n) is 3.46. The summed E-state index contributed by atoms with van der Waals surface area (Å²) in [6.07, 6.45) is 5.25. The smallest absolute Gasteiger partial charge is 0.242 e. The number of rotatable bonds is 4. The van der Waals surface area contributed by atoms with Gasteiger partial charge in [0.05, 0.1) is 10.6 Å². The molecule has 0 spiro atoms. The Kier molecular flexibility index (Phi) is 4.92. The van der Waals surface area contributed by atoms with E-state index in [4.69, 9.17) is 23.2 Å². The van der Waals surface area contributed by atoms with Gasteiger partial charge in [-0.15, -0.1) is 0 Å². The minimum Gasteiger partial charge on any atom is -0.389 e. The van der Waals surface area contributed by atoms with Gasteiger partial charge in [0.15, 0.2) is 0 Å². The Bertz CT molecular complexity index is 586. The van der Waals surface area contributed by atoms with Crippen LogP contribution in [0, 0.1) is 0 Å². The van der Waals surface area contributed by atoms with Gasteiger partial charge in [0.1, 0.15) is 10.0 Å². The van der Waals surface area contributed by atoms with E-state index in [9.17, 15) is 13.5 Å². The normalized spacial score (nSPS) is 18.9. The van der Waals surface area contributed by atoms with Gasteiger partial charge in [-0.3, -0.25) is 0 Å². The SMILES string of the molecule is O=S(=O)(NCC1(O)CCCCC1)c1cnc(Cl)c(Cl)c1. The van der Waals surface area contributed by atoms with Crippen LogP contribution in [0.3, 0.4) is 0 Å². The topological polar surface area (TPSA) is 79.3 Å². The molecule has 0 aromatic carbocycles. The Morgan fingerprint density at radius 1 is 1.30 bits per heavy atom. The molecule has 8 heteroatoms. The van der Waals surface area contributed by atoms with E-state index < -0.39 is 15.6 Å². The molecule has 0 saturated heterocycles. The number of nitrogens with one attached hydrogen (secondary N) is 1. The van der Waals surface area contributed by atoms with Gasteiger partial charge in [-0.2, -0.15) is 0 Å². The Balaban J connectivity index is 2.09. The van der Waals surface area contributed by atoms with Crippen molar-refractivity contribution < 1.29 is 13.5 Å². The quantitative estimate of drug-likeness (QED) is 0.826. The van der Waals surface area contributed by atoms with E-state index in [0.717, 1.165) is 25.5 Å². The molecule has 1 aliphatic carbocycles. The molecule has 0 atom stereocenters. The van der Waals surface area contributed by atoms with E-state index >= 15 is 0 Å². The molecule has 20 heavy (non-hydrogen) atoms. The van der Waals surface area contributed by atoms with Crippen molar-refractivity contribution in [1.82, 2.24) is 9.71 Å². The molecule has 0 amide bonds. The van der Waals surface area contributed by atoms with Crippen molar-refractivity contribution in [2.45, 2.75) is 42.6 Å². The molecule has 1 aliphatic rings. The van der Waals surface area contributed by atoms with Crippen LogP contribution in [0.4, 0.5) is 0 Å². The number of aliphatic hydroxyl groups is 1. The van der Waals surface area contributed by atoms with Gasteiger partial charge < -0.3 is 5.11 Å². The third-order valence-corrected chi connectivity index (χ3v) is 5.51. The van der Waals surface area contributed by atoms with Gasteiger partial charge in [-0.25, -0.2) is 18.1 Å². The number of halogens is 2. The first kappa shape index (κ1) is 16.0. The van der Waals surface area contributed by atoms with Gasteiger partial charge in [-0.05, 0) is 18.9 Å². The van der Waals surface area contributed by atoms with Crippen LogP contribution in [0.25, 0.3) is 0 Å². The van der Waals surface area contributed by atoms with E-state index in [1.165, 1.54) is 6.07 Å². The van der Waals surface area contributed by atoms with Gasteiger partial charge >= 0.3 is 0 Å². The highest BCUT2D eigenvalue weighted by Gasteiger charge is 2.31. The average molecular weight is 339 g/mol. The van der Waals surface area contributed by atoms with Crippen molar-refractivity contribution in [1.29, 1.82) is 0 Å². The zero-order valence-corrected chi connectivity index (χ0v) is 13.1. The standard InChI is InChI=1S/C12H16Cl2N2O3S/c13-10-6-9(7-15-11(10)14)20(18,19)16-8-12(17)4-2-1-3-5-12/h6-7,16-17H,1-5,8H2. The van der Waals surface area contributed by atoms with Crippen LogP contribution in [-0.4, -0.2) is 30.7 Å². The molecule has 1 fully saturated rings. The zero-order chi connectivity index (χ0) is 14.8. The number of hydrogen-bond acceptors (Lipinski definition) is 4. The van der Waals surface area contributed by atoms with Gasteiger partial charge in [-0.1, -0.05) is 42.5 Å². The summed E-state index contributed by atoms with van der Waals surface area (Å²) in [4.78, 5) is 3.65. The van der Waals surface area contributed by atoms with Crippen molar-refractivity contribution >= 4 is 33.2 Å². The highest BCUT2D eigenvalue weighted by atomic mass is 35.5. The lowest BCUT2D eigenvalue weighted by atomic mass is 9.85. The molecule has 112 valence electrons. The number of sulfonamides is 1. The van der Waals surface area contributed by atoms with Crippen LogP contribution < -0.4 is 4.72 Å². The Hall–Kier alpha value is -0.400. The van der Waals surface area contributed by atoms with Crippen LogP contribution >= 0.6 is 23.2 Å². The molecule has 5 nitrogen and oxygen atoms in total. The van der Waals surface area contributed by atoms with Crippen molar-refractivity contribution in [3.63, 3.8) is 0 Å². The predicted molar refractivity (Wildman–Crippen MR) is 77.5 cm³/mol. The fraction of sp³-hybridized carbons (Fsp3) is 0.583. The zero-order valence-electron chi connectivity index (χ0n) is 10.8. The molecule has 1 saturated carbocycles. The van der Waals surface area contributed by atoms with Crippen LogP contribution in [0.15, 0.2) is 17.2 Å². The third kappa shape index (κ3) is 3.83. The minimum atomic E-state index is -3.75. The maximum atomic E-state index is 12.1. The Morgan fingerprint density at radius 3 is 2.55 bits per heavy atom. The number of pyridine rings is 1. The first-order valence-corrected chi connectivity index (χ1v) is 8.59. The minimum absolute atomic E-state index is 0.00439. The van der Waals surface area contributed by atoms with Crippen molar-refractivity contribution in [2.24, 2.45) is 0 Å². The highest BCUT2D eigenvalue weighted by molar-refractivity contribution is 7.89. The fourth-order valence-electron chi connectivity index (χ4n) is 2.25. The van der Waals surface area contributed by atoms with Crippen molar-refractivity contribution in [3.05, 3.63) is 22.4 Å². The summed E-state index contributed by atoms with van der Waals surface area (Å²) >= 11 is 11.4. The van der Waals surface area contributed by atoms with E-state index in [1.807, 2.05) is 0 Å². The Morgan fingerprint density at radius 2 is 1.95 bits per heavy atom. The summed E-state index contributed by atoms with van der Waals surface area (Å²) < 4.78 is 26.6. The van der Waals surface area contributed by atoms with Gasteiger partial charge in [0, 0.05) is 12.7 Å². The highest BCUT2D eigenvalue weighted by Crippen LogP contribution is 2.28. The maximum Gasteiger partial charge on any atom is 0.242 e. The van der Waals surface area contributed by atoms with E-state index in [2.05, 4.69) is 9.71 Å².